The van der Waals surface area contributed by atoms with Crippen LogP contribution in [0, 0.1) is 12.7 Å². The van der Waals surface area contributed by atoms with Crippen LogP contribution in [-0.2, 0) is 9.84 Å². The van der Waals surface area contributed by atoms with E-state index in [1.54, 1.807) is 22.9 Å². The Balaban J connectivity index is 2.22. The van der Waals surface area contributed by atoms with E-state index in [2.05, 4.69) is 9.88 Å². The molecule has 2 unspecified atom stereocenters. The Morgan fingerprint density at radius 1 is 1.33 bits per heavy atom. The highest BCUT2D eigenvalue weighted by Gasteiger charge is 2.42. The molecule has 4 rings (SSSR count). The molecule has 1 aromatic carbocycles. The summed E-state index contributed by atoms with van der Waals surface area (Å²) in [6.45, 7) is 4.38. The lowest BCUT2D eigenvalue weighted by atomic mass is 10.1. The zero-order valence-electron chi connectivity index (χ0n) is 14.8. The van der Waals surface area contributed by atoms with Crippen molar-refractivity contribution >= 4 is 61.0 Å². The maximum atomic E-state index is 15.1. The van der Waals surface area contributed by atoms with Gasteiger partial charge in [0, 0.05) is 24.7 Å². The van der Waals surface area contributed by atoms with Crippen LogP contribution in [0.15, 0.2) is 9.69 Å². The smallest absolute Gasteiger partial charge is 0.349 e. The summed E-state index contributed by atoms with van der Waals surface area (Å²) < 4.78 is 42.6. The highest BCUT2D eigenvalue weighted by atomic mass is 127. The third kappa shape index (κ3) is 2.70. The van der Waals surface area contributed by atoms with E-state index in [1.807, 2.05) is 18.9 Å². The van der Waals surface area contributed by atoms with E-state index in [0.717, 1.165) is 2.78 Å². The number of fused-ring (bicyclic) bond motifs is 2. The van der Waals surface area contributed by atoms with Crippen LogP contribution in [0.4, 0.5) is 10.2 Å². The summed E-state index contributed by atoms with van der Waals surface area (Å²) in [5, 5.41) is 0.119. The summed E-state index contributed by atoms with van der Waals surface area (Å²) in [5.74, 6) is -0.917. The number of nitrogens with zero attached hydrogens (tertiary/aromatic N) is 4. The average molecular weight is 527 g/mol. The summed E-state index contributed by atoms with van der Waals surface area (Å²) in [6.07, 6.45) is 0. The van der Waals surface area contributed by atoms with Crippen molar-refractivity contribution in [3.05, 3.63) is 26.9 Å². The molecule has 11 heteroatoms. The van der Waals surface area contributed by atoms with E-state index in [1.165, 1.54) is 6.92 Å². The van der Waals surface area contributed by atoms with Gasteiger partial charge in [0.1, 0.15) is 16.5 Å². The molecule has 1 fully saturated rings. The molecule has 2 aliphatic heterocycles. The highest BCUT2D eigenvalue weighted by Crippen LogP contribution is 2.43. The number of piperazine rings is 1. The van der Waals surface area contributed by atoms with E-state index < -0.39 is 32.3 Å². The van der Waals surface area contributed by atoms with Crippen LogP contribution in [0.3, 0.4) is 0 Å². The topological polar surface area (TPSA) is 75.5 Å². The standard InChI is InChI=1S/C16H17ClFIN4O3S/c1-7-4-22-9(5-21(7)3)6-27(25,26)14-10-13(11(17)8(2)12(14)18)23(19)16(24)20-15(10)22/h7,9H,4-6H2,1-3H3. The van der Waals surface area contributed by atoms with Gasteiger partial charge in [0.15, 0.2) is 9.84 Å². The quantitative estimate of drug-likeness (QED) is 0.489. The van der Waals surface area contributed by atoms with Crippen molar-refractivity contribution in [2.24, 2.45) is 0 Å². The molecule has 0 aliphatic carbocycles. The molecule has 0 N–H and O–H groups in total. The van der Waals surface area contributed by atoms with Crippen LogP contribution in [0.5, 0.6) is 0 Å². The number of likely N-dealkylation sites (N-methyl/N-ethyl adjacent to an activating group) is 1. The summed E-state index contributed by atoms with van der Waals surface area (Å²) in [7, 11) is -2.04. The van der Waals surface area contributed by atoms with Gasteiger partial charge in [-0.1, -0.05) is 11.6 Å². The molecule has 0 spiro atoms. The van der Waals surface area contributed by atoms with Gasteiger partial charge in [-0.05, 0) is 20.9 Å². The van der Waals surface area contributed by atoms with E-state index in [-0.39, 0.29) is 39.1 Å². The van der Waals surface area contributed by atoms with E-state index in [0.29, 0.717) is 13.1 Å². The largest absolute Gasteiger partial charge is 0.359 e. The van der Waals surface area contributed by atoms with Crippen LogP contribution in [-0.4, -0.2) is 59.1 Å². The van der Waals surface area contributed by atoms with Crippen LogP contribution >= 0.6 is 34.5 Å². The van der Waals surface area contributed by atoms with Crippen molar-refractivity contribution in [2.75, 3.05) is 30.8 Å². The van der Waals surface area contributed by atoms with Crippen molar-refractivity contribution in [3.8, 4) is 0 Å². The maximum absolute atomic E-state index is 15.1. The summed E-state index contributed by atoms with van der Waals surface area (Å²) in [4.78, 5) is 20.1. The first-order valence-corrected chi connectivity index (χ1v) is 11.3. The molecule has 0 bridgehead atoms. The molecule has 7 nitrogen and oxygen atoms in total. The van der Waals surface area contributed by atoms with E-state index in [4.69, 9.17) is 11.6 Å². The van der Waals surface area contributed by atoms with E-state index >= 15 is 4.39 Å². The summed E-state index contributed by atoms with van der Waals surface area (Å²) in [5.41, 5.74) is -0.367. The molecule has 2 aromatic rings. The minimum atomic E-state index is -3.96. The van der Waals surface area contributed by atoms with Crippen molar-refractivity contribution in [2.45, 2.75) is 30.8 Å². The van der Waals surface area contributed by atoms with Gasteiger partial charge >= 0.3 is 5.69 Å². The first kappa shape index (κ1) is 19.3. The fourth-order valence-electron chi connectivity index (χ4n) is 3.87. The Kier molecular flexibility index (Phi) is 4.48. The maximum Gasteiger partial charge on any atom is 0.359 e. The summed E-state index contributed by atoms with van der Waals surface area (Å²) >= 11 is 8.08. The zero-order chi connectivity index (χ0) is 19.8. The third-order valence-electron chi connectivity index (χ3n) is 5.47. The Hall–Kier alpha value is -0.980. The van der Waals surface area contributed by atoms with Gasteiger partial charge in [-0.3, -0.25) is 4.90 Å². The lowest BCUT2D eigenvalue weighted by Crippen LogP contribution is -2.58. The minimum Gasteiger partial charge on any atom is -0.349 e. The Morgan fingerprint density at radius 3 is 2.67 bits per heavy atom. The average Bonchev–Trinajstić information content (AvgIpc) is 2.66. The lowest BCUT2D eigenvalue weighted by Gasteiger charge is -2.43. The molecule has 146 valence electrons. The third-order valence-corrected chi connectivity index (χ3v) is 8.65. The molecular weight excluding hydrogens is 510 g/mol. The van der Waals surface area contributed by atoms with Crippen LogP contribution < -0.4 is 10.6 Å². The van der Waals surface area contributed by atoms with Crippen LogP contribution in [0.1, 0.15) is 12.5 Å². The molecule has 1 aromatic heterocycles. The fraction of sp³-hybridized carbons (Fsp3) is 0.500. The van der Waals surface area contributed by atoms with Gasteiger partial charge in [-0.2, -0.15) is 4.98 Å². The first-order valence-electron chi connectivity index (χ1n) is 8.34. The number of hydrogen-bond donors (Lipinski definition) is 0. The second-order valence-corrected chi connectivity index (χ2v) is 10.5. The van der Waals surface area contributed by atoms with Crippen LogP contribution in [0.2, 0.25) is 5.02 Å². The molecule has 0 radical (unpaired) electrons. The van der Waals surface area contributed by atoms with Gasteiger partial charge in [-0.25, -0.2) is 20.4 Å². The van der Waals surface area contributed by atoms with Gasteiger partial charge in [0.2, 0.25) is 0 Å². The highest BCUT2D eigenvalue weighted by molar-refractivity contribution is 14.1. The fourth-order valence-corrected chi connectivity index (χ4v) is 6.75. The number of benzene rings is 1. The van der Waals surface area contributed by atoms with Crippen molar-refractivity contribution < 1.29 is 12.8 Å². The Labute approximate surface area is 174 Å². The van der Waals surface area contributed by atoms with Gasteiger partial charge < -0.3 is 4.90 Å². The van der Waals surface area contributed by atoms with Gasteiger partial charge in [0.25, 0.3) is 0 Å². The number of anilines is 1. The Bertz CT molecular complexity index is 1150. The molecule has 0 saturated carbocycles. The van der Waals surface area contributed by atoms with Gasteiger partial charge in [0.05, 0.1) is 50.6 Å². The van der Waals surface area contributed by atoms with Gasteiger partial charge in [-0.15, -0.1) is 0 Å². The predicted octanol–water partition coefficient (Wildman–Crippen LogP) is 1.99. The van der Waals surface area contributed by atoms with Crippen LogP contribution in [0.25, 0.3) is 10.9 Å². The zero-order valence-corrected chi connectivity index (χ0v) is 18.6. The minimum absolute atomic E-state index is 0.00932. The predicted molar refractivity (Wildman–Crippen MR) is 110 cm³/mol. The van der Waals surface area contributed by atoms with Crippen molar-refractivity contribution in [3.63, 3.8) is 0 Å². The molecule has 2 atom stereocenters. The number of rotatable bonds is 0. The normalized spacial score (nSPS) is 24.7. The number of hydrogen-bond acceptors (Lipinski definition) is 6. The second kappa shape index (κ2) is 6.26. The van der Waals surface area contributed by atoms with Crippen molar-refractivity contribution in [1.82, 2.24) is 12.7 Å². The Morgan fingerprint density at radius 2 is 2.00 bits per heavy atom. The SMILES string of the molecule is Cc1c(F)c2c3c(nc(=O)n(I)c3c1Cl)N1CC(C)N(C)CC1CS2(=O)=O. The van der Waals surface area contributed by atoms with Crippen molar-refractivity contribution in [1.29, 1.82) is 0 Å². The number of aromatic nitrogens is 2. The molecule has 1 saturated heterocycles. The van der Waals surface area contributed by atoms with E-state index in [9.17, 15) is 13.2 Å². The summed E-state index contributed by atoms with van der Waals surface area (Å²) in [6, 6.07) is -0.308. The molecule has 0 amide bonds. The monoisotopic (exact) mass is 526 g/mol. The first-order chi connectivity index (χ1) is 12.5. The number of halogens is 3. The second-order valence-electron chi connectivity index (χ2n) is 7.18. The number of sulfone groups is 1. The molecule has 2 aliphatic rings. The lowest BCUT2D eigenvalue weighted by molar-refractivity contribution is 0.206. The molecule has 27 heavy (non-hydrogen) atoms. The molecular formula is C16H17ClFIN4O3S. The molecule has 3 heterocycles.